The van der Waals surface area contributed by atoms with Gasteiger partial charge in [0.05, 0.1) is 12.7 Å². The van der Waals surface area contributed by atoms with Gasteiger partial charge >= 0.3 is 5.97 Å². The Morgan fingerprint density at radius 3 is 2.62 bits per heavy atom. The normalized spacial score (nSPS) is 19.0. The molecule has 0 amide bonds. The second-order valence-corrected chi connectivity index (χ2v) is 7.12. The van der Waals surface area contributed by atoms with Gasteiger partial charge in [0.25, 0.3) is 0 Å². The van der Waals surface area contributed by atoms with Crippen molar-refractivity contribution in [1.29, 1.82) is 0 Å². The van der Waals surface area contributed by atoms with Gasteiger partial charge in [-0.15, -0.1) is 0 Å². The molecule has 1 fully saturated rings. The molecule has 0 bridgehead atoms. The van der Waals surface area contributed by atoms with Crippen molar-refractivity contribution >= 4 is 17.6 Å². The molecule has 4 nitrogen and oxygen atoms in total. The molecular weight excluding hydrogens is 328 g/mol. The van der Waals surface area contributed by atoms with E-state index >= 15 is 0 Å². The Balaban J connectivity index is 2.05. The van der Waals surface area contributed by atoms with Gasteiger partial charge < -0.3 is 14.6 Å². The Morgan fingerprint density at radius 1 is 1.33 bits per heavy atom. The van der Waals surface area contributed by atoms with Crippen LogP contribution in [0.25, 0.3) is 0 Å². The third kappa shape index (κ3) is 5.76. The van der Waals surface area contributed by atoms with Gasteiger partial charge in [-0.2, -0.15) is 0 Å². The van der Waals surface area contributed by atoms with E-state index in [9.17, 15) is 9.90 Å². The molecule has 0 heterocycles. The fourth-order valence-corrected chi connectivity index (χ4v) is 3.35. The van der Waals surface area contributed by atoms with Gasteiger partial charge in [-0.05, 0) is 36.8 Å². The number of aliphatic hydroxyl groups is 1. The number of hydrogen-bond donors (Lipinski definition) is 1. The molecule has 24 heavy (non-hydrogen) atoms. The predicted octanol–water partition coefficient (Wildman–Crippen LogP) is 4.12. The Bertz CT molecular complexity index is 540. The second-order valence-electron chi connectivity index (χ2n) is 6.71. The summed E-state index contributed by atoms with van der Waals surface area (Å²) in [5.74, 6) is -1.19. The number of esters is 1. The van der Waals surface area contributed by atoms with Crippen LogP contribution in [0.5, 0.6) is 0 Å². The van der Waals surface area contributed by atoms with Crippen molar-refractivity contribution in [2.75, 3.05) is 6.61 Å². The molecule has 0 aromatic heterocycles. The zero-order valence-corrected chi connectivity index (χ0v) is 15.2. The van der Waals surface area contributed by atoms with Crippen molar-refractivity contribution in [3.8, 4) is 0 Å². The minimum atomic E-state index is -1.04. The number of ether oxygens (including phenoxy) is 2. The van der Waals surface area contributed by atoms with Crippen LogP contribution in [0, 0.1) is 5.92 Å². The first-order valence-corrected chi connectivity index (χ1v) is 9.04. The SMILES string of the molecule is CC(=O)OCCC(C)C(Cc1ccccc1Cl)OC1(O)CCCC1. The number of hydrogen-bond acceptors (Lipinski definition) is 4. The molecule has 1 aliphatic carbocycles. The van der Waals surface area contributed by atoms with Crippen LogP contribution in [0.2, 0.25) is 5.02 Å². The lowest BCUT2D eigenvalue weighted by molar-refractivity contribution is -0.234. The maximum Gasteiger partial charge on any atom is 0.302 e. The molecule has 5 heteroatoms. The Morgan fingerprint density at radius 2 is 2.00 bits per heavy atom. The molecule has 1 aromatic rings. The zero-order valence-electron chi connectivity index (χ0n) is 14.5. The maximum absolute atomic E-state index is 10.9. The van der Waals surface area contributed by atoms with E-state index in [-0.39, 0.29) is 18.0 Å². The Labute approximate surface area is 149 Å². The largest absolute Gasteiger partial charge is 0.466 e. The van der Waals surface area contributed by atoms with Gasteiger partial charge in [-0.1, -0.05) is 36.7 Å². The average molecular weight is 355 g/mol. The van der Waals surface area contributed by atoms with Gasteiger partial charge in [0.1, 0.15) is 0 Å². The number of benzene rings is 1. The topological polar surface area (TPSA) is 55.8 Å². The maximum atomic E-state index is 10.9. The van der Waals surface area contributed by atoms with Crippen molar-refractivity contribution in [2.45, 2.75) is 64.3 Å². The molecule has 1 aliphatic rings. The second kappa shape index (κ2) is 8.84. The molecule has 2 unspecified atom stereocenters. The molecule has 0 spiro atoms. The summed E-state index contributed by atoms with van der Waals surface area (Å²) in [6.45, 7) is 3.82. The van der Waals surface area contributed by atoms with Gasteiger partial charge in [0, 0.05) is 31.2 Å². The monoisotopic (exact) mass is 354 g/mol. The summed E-state index contributed by atoms with van der Waals surface area (Å²) in [6, 6.07) is 7.69. The van der Waals surface area contributed by atoms with E-state index < -0.39 is 5.79 Å². The number of halogens is 1. The highest BCUT2D eigenvalue weighted by Gasteiger charge is 2.36. The quantitative estimate of drug-likeness (QED) is 0.563. The molecule has 2 rings (SSSR count). The molecule has 0 radical (unpaired) electrons. The minimum absolute atomic E-state index is 0.130. The van der Waals surface area contributed by atoms with E-state index in [1.807, 2.05) is 24.3 Å². The number of rotatable bonds is 8. The van der Waals surface area contributed by atoms with Gasteiger partial charge in [-0.3, -0.25) is 4.79 Å². The van der Waals surface area contributed by atoms with Crippen molar-refractivity contribution < 1.29 is 19.4 Å². The highest BCUT2D eigenvalue weighted by atomic mass is 35.5. The lowest BCUT2D eigenvalue weighted by Crippen LogP contribution is -2.38. The standard InChI is InChI=1S/C19H27ClO4/c1-14(9-12-23-15(2)21)18(24-19(22)10-5-6-11-19)13-16-7-3-4-8-17(16)20/h3-4,7-8,14,18,22H,5-6,9-13H2,1-2H3. The van der Waals surface area contributed by atoms with E-state index in [0.717, 1.165) is 18.4 Å². The van der Waals surface area contributed by atoms with Crippen LogP contribution in [0.4, 0.5) is 0 Å². The van der Waals surface area contributed by atoms with Crippen LogP contribution >= 0.6 is 11.6 Å². The zero-order chi connectivity index (χ0) is 17.6. The summed E-state index contributed by atoms with van der Waals surface area (Å²) in [7, 11) is 0. The first-order valence-electron chi connectivity index (χ1n) is 8.66. The first-order chi connectivity index (χ1) is 11.4. The highest BCUT2D eigenvalue weighted by Crippen LogP contribution is 2.34. The van der Waals surface area contributed by atoms with E-state index in [1.54, 1.807) is 0 Å². The molecule has 1 N–H and O–H groups in total. The smallest absolute Gasteiger partial charge is 0.302 e. The third-order valence-electron chi connectivity index (χ3n) is 4.65. The fourth-order valence-electron chi connectivity index (χ4n) is 3.14. The number of carbonyl (C=O) groups excluding carboxylic acids is 1. The minimum Gasteiger partial charge on any atom is -0.466 e. The number of carbonyl (C=O) groups is 1. The lowest BCUT2D eigenvalue weighted by Gasteiger charge is -2.33. The Hall–Kier alpha value is -1.10. The average Bonchev–Trinajstić information content (AvgIpc) is 2.95. The lowest BCUT2D eigenvalue weighted by atomic mass is 9.94. The summed E-state index contributed by atoms with van der Waals surface area (Å²) in [5, 5.41) is 11.3. The summed E-state index contributed by atoms with van der Waals surface area (Å²) in [5.41, 5.74) is 1.00. The van der Waals surface area contributed by atoms with Gasteiger partial charge in [0.15, 0.2) is 5.79 Å². The summed E-state index contributed by atoms with van der Waals surface area (Å²) >= 11 is 6.28. The molecule has 0 aliphatic heterocycles. The molecule has 134 valence electrons. The highest BCUT2D eigenvalue weighted by molar-refractivity contribution is 6.31. The van der Waals surface area contributed by atoms with Crippen LogP contribution < -0.4 is 0 Å². The van der Waals surface area contributed by atoms with Crippen molar-refractivity contribution in [1.82, 2.24) is 0 Å². The van der Waals surface area contributed by atoms with Crippen LogP contribution in [0.3, 0.4) is 0 Å². The molecule has 1 saturated carbocycles. The van der Waals surface area contributed by atoms with Crippen LogP contribution in [-0.2, 0) is 20.7 Å². The molecule has 2 atom stereocenters. The summed E-state index contributed by atoms with van der Waals surface area (Å²) < 4.78 is 11.2. The van der Waals surface area contributed by atoms with E-state index in [0.29, 0.717) is 37.3 Å². The fraction of sp³-hybridized carbons (Fsp3) is 0.632. The molecule has 0 saturated heterocycles. The van der Waals surface area contributed by atoms with Crippen LogP contribution in [0.1, 0.15) is 51.5 Å². The third-order valence-corrected chi connectivity index (χ3v) is 5.02. The first kappa shape index (κ1) is 19.2. The van der Waals surface area contributed by atoms with Crippen molar-refractivity contribution in [2.24, 2.45) is 5.92 Å². The summed E-state index contributed by atoms with van der Waals surface area (Å²) in [6.07, 6.45) is 4.44. The van der Waals surface area contributed by atoms with Crippen molar-refractivity contribution in [3.05, 3.63) is 34.9 Å². The predicted molar refractivity (Wildman–Crippen MR) is 93.9 cm³/mol. The van der Waals surface area contributed by atoms with Gasteiger partial charge in [-0.25, -0.2) is 0 Å². The van der Waals surface area contributed by atoms with E-state index in [2.05, 4.69) is 6.92 Å². The van der Waals surface area contributed by atoms with Crippen LogP contribution in [-0.4, -0.2) is 29.6 Å². The van der Waals surface area contributed by atoms with Crippen LogP contribution in [0.15, 0.2) is 24.3 Å². The molecule has 1 aromatic carbocycles. The Kier molecular flexibility index (Phi) is 7.08. The van der Waals surface area contributed by atoms with Crippen molar-refractivity contribution in [3.63, 3.8) is 0 Å². The van der Waals surface area contributed by atoms with E-state index in [1.165, 1.54) is 6.92 Å². The molecular formula is C19H27ClO4. The van der Waals surface area contributed by atoms with Gasteiger partial charge in [0.2, 0.25) is 0 Å². The van der Waals surface area contributed by atoms with E-state index in [4.69, 9.17) is 21.1 Å². The summed E-state index contributed by atoms with van der Waals surface area (Å²) in [4.78, 5) is 10.9.